The number of aromatic nitrogens is 4. The molecule has 9 heteroatoms. The van der Waals surface area contributed by atoms with E-state index in [1.807, 2.05) is 42.5 Å². The minimum Gasteiger partial charge on any atom is -0.377 e. The van der Waals surface area contributed by atoms with E-state index in [1.165, 1.54) is 4.52 Å². The van der Waals surface area contributed by atoms with Crippen LogP contribution >= 0.6 is 0 Å². The van der Waals surface area contributed by atoms with E-state index >= 15 is 0 Å². The number of nitrogens with zero attached hydrogens (tertiary/aromatic N) is 5. The Hall–Kier alpha value is -3.77. The molecule has 3 aromatic heterocycles. The summed E-state index contributed by atoms with van der Waals surface area (Å²) in [5.41, 5.74) is 11.4. The lowest BCUT2D eigenvalue weighted by Crippen LogP contribution is -2.23. The highest BCUT2D eigenvalue weighted by Crippen LogP contribution is 2.39. The standard InChI is InChI=1S/C23H21N6O2S/c1-25-21-20(16-9-11-32(30,31)12-10-16)28-23-18(14-27-29(23)22(21)24)17-7-8-19(26-13-17)15-5-3-2-4-6-15/h1-8,13-14,16H,9-12,24H2/q+1. The van der Waals surface area contributed by atoms with Gasteiger partial charge in [-0.25, -0.2) is 13.4 Å². The maximum Gasteiger partial charge on any atom is 0.403 e. The molecule has 32 heavy (non-hydrogen) atoms. The van der Waals surface area contributed by atoms with Crippen molar-refractivity contribution < 1.29 is 8.42 Å². The molecule has 4 heterocycles. The molecular weight excluding hydrogens is 424 g/mol. The Kier molecular flexibility index (Phi) is 4.87. The highest BCUT2D eigenvalue weighted by Gasteiger charge is 2.33. The third kappa shape index (κ3) is 3.48. The number of nitrogen functional groups attached to an aromatic ring is 1. The molecule has 1 aliphatic rings. The zero-order valence-electron chi connectivity index (χ0n) is 17.2. The van der Waals surface area contributed by atoms with Gasteiger partial charge in [-0.15, -0.1) is 0 Å². The second-order valence-electron chi connectivity index (χ2n) is 7.88. The fraction of sp³-hybridized carbons (Fsp3) is 0.217. The largest absolute Gasteiger partial charge is 0.403 e. The summed E-state index contributed by atoms with van der Waals surface area (Å²) in [6.45, 7) is 5.63. The van der Waals surface area contributed by atoms with Crippen molar-refractivity contribution in [2.75, 3.05) is 17.2 Å². The number of benzene rings is 1. The highest BCUT2D eigenvalue weighted by atomic mass is 32.2. The number of fused-ring (bicyclic) bond motifs is 1. The summed E-state index contributed by atoms with van der Waals surface area (Å²) in [7, 11) is -3.01. The van der Waals surface area contributed by atoms with Crippen molar-refractivity contribution in [2.24, 2.45) is 0 Å². The molecule has 0 bridgehead atoms. The molecule has 1 aliphatic heterocycles. The second-order valence-corrected chi connectivity index (χ2v) is 10.2. The number of hydrogen-bond acceptors (Lipinski definition) is 6. The summed E-state index contributed by atoms with van der Waals surface area (Å²) in [6, 6.07) is 13.9. The van der Waals surface area contributed by atoms with Gasteiger partial charge in [0, 0.05) is 28.8 Å². The molecular formula is C23H21N6O2S+. The van der Waals surface area contributed by atoms with Crippen molar-refractivity contribution in [2.45, 2.75) is 18.8 Å². The molecule has 0 aliphatic carbocycles. The third-order valence-electron chi connectivity index (χ3n) is 5.90. The molecule has 1 fully saturated rings. The molecule has 1 aromatic carbocycles. The Morgan fingerprint density at radius 3 is 2.44 bits per heavy atom. The summed E-state index contributed by atoms with van der Waals surface area (Å²) < 4.78 is 25.3. The van der Waals surface area contributed by atoms with Crippen molar-refractivity contribution in [3.63, 3.8) is 0 Å². The van der Waals surface area contributed by atoms with E-state index in [0.717, 1.165) is 22.4 Å². The predicted molar refractivity (Wildman–Crippen MR) is 125 cm³/mol. The van der Waals surface area contributed by atoms with Gasteiger partial charge in [0.25, 0.3) is 6.57 Å². The van der Waals surface area contributed by atoms with Gasteiger partial charge in [0.05, 0.1) is 23.4 Å². The molecule has 0 unspecified atom stereocenters. The van der Waals surface area contributed by atoms with E-state index in [4.69, 9.17) is 17.3 Å². The lowest BCUT2D eigenvalue weighted by molar-refractivity contribution is 0.545. The SMILES string of the molecule is C#[N+]c1c(C2CCS(=O)(=O)CC2)nc2c(-c3ccc(-c4ccccc4)nc3)cnn2c1N. The minimum absolute atomic E-state index is 0.0885. The minimum atomic E-state index is -3.01. The van der Waals surface area contributed by atoms with E-state index in [9.17, 15) is 8.42 Å². The van der Waals surface area contributed by atoms with Crippen LogP contribution in [0.15, 0.2) is 54.9 Å². The molecule has 2 N–H and O–H groups in total. The monoisotopic (exact) mass is 445 g/mol. The van der Waals surface area contributed by atoms with E-state index < -0.39 is 9.84 Å². The van der Waals surface area contributed by atoms with E-state index in [0.29, 0.717) is 29.9 Å². The molecule has 0 radical (unpaired) electrons. The molecule has 5 rings (SSSR count). The van der Waals surface area contributed by atoms with E-state index in [1.54, 1.807) is 12.4 Å². The average molecular weight is 446 g/mol. The van der Waals surface area contributed by atoms with Gasteiger partial charge < -0.3 is 5.73 Å². The van der Waals surface area contributed by atoms with Gasteiger partial charge in [-0.1, -0.05) is 36.4 Å². The lowest BCUT2D eigenvalue weighted by Gasteiger charge is -2.20. The van der Waals surface area contributed by atoms with Crippen LogP contribution in [0.3, 0.4) is 0 Å². The molecule has 0 spiro atoms. The summed E-state index contributed by atoms with van der Waals surface area (Å²) in [4.78, 5) is 13.3. The van der Waals surface area contributed by atoms with Crippen LogP contribution in [0, 0.1) is 6.57 Å². The maximum absolute atomic E-state index is 11.9. The lowest BCUT2D eigenvalue weighted by atomic mass is 9.97. The normalized spacial score (nSPS) is 16.1. The van der Waals surface area contributed by atoms with Crippen LogP contribution in [0.25, 0.3) is 32.9 Å². The third-order valence-corrected chi connectivity index (χ3v) is 7.61. The second kappa shape index (κ2) is 7.73. The molecule has 4 aromatic rings. The van der Waals surface area contributed by atoms with Gasteiger partial charge in [-0.2, -0.15) is 9.61 Å². The molecule has 160 valence electrons. The van der Waals surface area contributed by atoms with Crippen LogP contribution in [-0.4, -0.2) is 39.5 Å². The van der Waals surface area contributed by atoms with Crippen LogP contribution < -0.4 is 5.73 Å². The van der Waals surface area contributed by atoms with Crippen LogP contribution in [-0.2, 0) is 9.84 Å². The molecule has 0 atom stereocenters. The highest BCUT2D eigenvalue weighted by molar-refractivity contribution is 7.91. The predicted octanol–water partition coefficient (Wildman–Crippen LogP) is 3.93. The zero-order valence-corrected chi connectivity index (χ0v) is 18.0. The van der Waals surface area contributed by atoms with Gasteiger partial charge in [-0.3, -0.25) is 4.98 Å². The summed E-state index contributed by atoms with van der Waals surface area (Å²) in [5, 5.41) is 4.38. The van der Waals surface area contributed by atoms with Crippen LogP contribution in [0.4, 0.5) is 11.5 Å². The van der Waals surface area contributed by atoms with Gasteiger partial charge >= 0.3 is 5.69 Å². The number of sulfone groups is 1. The average Bonchev–Trinajstić information content (AvgIpc) is 3.24. The number of hydrogen-bond donors (Lipinski definition) is 1. The molecule has 0 saturated carbocycles. The Morgan fingerprint density at radius 2 is 1.78 bits per heavy atom. The van der Waals surface area contributed by atoms with Gasteiger partial charge in [0.2, 0.25) is 5.82 Å². The van der Waals surface area contributed by atoms with E-state index in [2.05, 4.69) is 14.9 Å². The van der Waals surface area contributed by atoms with Crippen molar-refractivity contribution in [1.82, 2.24) is 19.6 Å². The topological polar surface area (TPSA) is 108 Å². The first-order chi connectivity index (χ1) is 15.5. The first-order valence-corrected chi connectivity index (χ1v) is 12.1. The zero-order chi connectivity index (χ0) is 22.3. The number of pyridine rings is 1. The summed E-state index contributed by atoms with van der Waals surface area (Å²) in [5.74, 6) is 0.423. The van der Waals surface area contributed by atoms with Crippen molar-refractivity contribution in [3.05, 3.63) is 65.4 Å². The first kappa shape index (κ1) is 20.2. The summed E-state index contributed by atoms with van der Waals surface area (Å²) in [6.07, 6.45) is 4.40. The fourth-order valence-corrected chi connectivity index (χ4v) is 5.63. The van der Waals surface area contributed by atoms with Crippen molar-refractivity contribution >= 4 is 27.0 Å². The molecule has 1 saturated heterocycles. The van der Waals surface area contributed by atoms with Gasteiger partial charge in [-0.05, 0) is 23.8 Å². The van der Waals surface area contributed by atoms with Crippen molar-refractivity contribution in [3.8, 4) is 29.0 Å². The van der Waals surface area contributed by atoms with Gasteiger partial charge in [0.15, 0.2) is 5.65 Å². The van der Waals surface area contributed by atoms with E-state index in [-0.39, 0.29) is 23.2 Å². The number of nitrogens with two attached hydrogens (primary N) is 1. The fourth-order valence-electron chi connectivity index (χ4n) is 4.14. The Morgan fingerprint density at radius 1 is 1.03 bits per heavy atom. The van der Waals surface area contributed by atoms with Crippen LogP contribution in [0.5, 0.6) is 0 Å². The Bertz CT molecular complexity index is 1440. The maximum atomic E-state index is 11.9. The smallest absolute Gasteiger partial charge is 0.377 e. The Labute approximate surface area is 185 Å². The Balaban J connectivity index is 1.58. The van der Waals surface area contributed by atoms with Gasteiger partial charge in [0.1, 0.15) is 15.5 Å². The van der Waals surface area contributed by atoms with Crippen LogP contribution in [0.1, 0.15) is 24.5 Å². The molecule has 8 nitrogen and oxygen atoms in total. The van der Waals surface area contributed by atoms with Crippen LogP contribution in [0.2, 0.25) is 0 Å². The first-order valence-electron chi connectivity index (χ1n) is 10.3. The molecule has 0 amide bonds. The number of anilines is 1. The summed E-state index contributed by atoms with van der Waals surface area (Å²) >= 11 is 0. The quantitative estimate of drug-likeness (QED) is 0.512. The number of rotatable bonds is 3. The van der Waals surface area contributed by atoms with Crippen molar-refractivity contribution in [1.29, 1.82) is 0 Å².